The van der Waals surface area contributed by atoms with Gasteiger partial charge >= 0.3 is 0 Å². The highest BCUT2D eigenvalue weighted by molar-refractivity contribution is 9.13. The van der Waals surface area contributed by atoms with Crippen LogP contribution in [0.5, 0.6) is 0 Å². The smallest absolute Gasteiger partial charge is 0.183 e. The molecule has 0 saturated heterocycles. The Morgan fingerprint density at radius 2 is 2.29 bits per heavy atom. The summed E-state index contributed by atoms with van der Waals surface area (Å²) >= 11 is 6.70. The maximum atomic E-state index is 5.46. The van der Waals surface area contributed by atoms with Gasteiger partial charge in [0.1, 0.15) is 5.76 Å². The second-order valence-corrected chi connectivity index (χ2v) is 5.24. The van der Waals surface area contributed by atoms with Gasteiger partial charge in [-0.3, -0.25) is 0 Å². The lowest BCUT2D eigenvalue weighted by Crippen LogP contribution is -2.15. The van der Waals surface area contributed by atoms with Crippen LogP contribution in [0, 0.1) is 0 Å². The first-order valence-electron chi connectivity index (χ1n) is 5.36. The van der Waals surface area contributed by atoms with E-state index in [-0.39, 0.29) is 0 Å². The van der Waals surface area contributed by atoms with E-state index in [1.807, 2.05) is 18.6 Å². The summed E-state index contributed by atoms with van der Waals surface area (Å²) in [6.07, 6.45) is 6.67. The molecule has 0 aromatic carbocycles. The summed E-state index contributed by atoms with van der Waals surface area (Å²) in [6, 6.07) is 1.97. The molecule has 6 heteroatoms. The number of nitrogens with one attached hydrogen (secondary N) is 1. The van der Waals surface area contributed by atoms with Gasteiger partial charge < -0.3 is 14.3 Å². The fourth-order valence-corrected chi connectivity index (χ4v) is 2.15. The van der Waals surface area contributed by atoms with Crippen molar-refractivity contribution in [3.05, 3.63) is 39.7 Å². The van der Waals surface area contributed by atoms with E-state index in [1.165, 1.54) is 0 Å². The van der Waals surface area contributed by atoms with E-state index in [0.29, 0.717) is 0 Å². The number of nitrogens with zero attached hydrogens (tertiary/aromatic N) is 2. The monoisotopic (exact) mass is 361 g/mol. The second kappa shape index (κ2) is 6.37. The minimum absolute atomic E-state index is 0.743. The summed E-state index contributed by atoms with van der Waals surface area (Å²) in [7, 11) is 0. The summed E-state index contributed by atoms with van der Waals surface area (Å²) < 4.78 is 9.22. The Bertz CT molecular complexity index is 434. The molecule has 0 saturated carbocycles. The van der Waals surface area contributed by atoms with Crippen LogP contribution >= 0.6 is 31.9 Å². The molecule has 0 bridgehead atoms. The number of imidazole rings is 1. The van der Waals surface area contributed by atoms with Crippen molar-refractivity contribution in [1.29, 1.82) is 0 Å². The van der Waals surface area contributed by atoms with Crippen molar-refractivity contribution in [2.75, 3.05) is 6.54 Å². The molecule has 0 unspecified atom stereocenters. The van der Waals surface area contributed by atoms with Gasteiger partial charge in [0.2, 0.25) is 0 Å². The second-order valence-electron chi connectivity index (χ2n) is 3.67. The average Bonchev–Trinajstić information content (AvgIpc) is 2.90. The maximum Gasteiger partial charge on any atom is 0.183 e. The minimum atomic E-state index is 0.743. The van der Waals surface area contributed by atoms with Crippen LogP contribution in [0.1, 0.15) is 12.2 Å². The zero-order valence-electron chi connectivity index (χ0n) is 9.20. The first-order valence-corrected chi connectivity index (χ1v) is 6.94. The van der Waals surface area contributed by atoms with Crippen LogP contribution in [0.4, 0.5) is 0 Å². The molecule has 0 spiro atoms. The number of furan rings is 1. The van der Waals surface area contributed by atoms with E-state index in [4.69, 9.17) is 4.42 Å². The summed E-state index contributed by atoms with van der Waals surface area (Å²) in [5, 5.41) is 3.34. The molecule has 0 aliphatic carbocycles. The first kappa shape index (κ1) is 12.9. The lowest BCUT2D eigenvalue weighted by Gasteiger charge is -2.03. The topological polar surface area (TPSA) is 43.0 Å². The third-order valence-corrected chi connectivity index (χ3v) is 4.03. The lowest BCUT2D eigenvalue weighted by atomic mass is 10.4. The zero-order chi connectivity index (χ0) is 12.1. The van der Waals surface area contributed by atoms with Gasteiger partial charge in [-0.2, -0.15) is 0 Å². The van der Waals surface area contributed by atoms with Crippen molar-refractivity contribution in [2.24, 2.45) is 0 Å². The van der Waals surface area contributed by atoms with Crippen LogP contribution < -0.4 is 5.32 Å². The molecule has 92 valence electrons. The Morgan fingerprint density at radius 1 is 1.41 bits per heavy atom. The van der Waals surface area contributed by atoms with Gasteiger partial charge in [0.05, 0.1) is 17.3 Å². The highest BCUT2D eigenvalue weighted by Gasteiger charge is 2.04. The normalized spacial score (nSPS) is 10.9. The van der Waals surface area contributed by atoms with Crippen molar-refractivity contribution in [2.45, 2.75) is 19.5 Å². The Kier molecular flexibility index (Phi) is 4.82. The number of hydrogen-bond donors (Lipinski definition) is 1. The Labute approximate surface area is 117 Å². The zero-order valence-corrected chi connectivity index (χ0v) is 12.4. The summed E-state index contributed by atoms with van der Waals surface area (Å²) in [5.74, 6) is 0.923. The summed E-state index contributed by atoms with van der Waals surface area (Å²) in [5.41, 5.74) is 0. The predicted molar refractivity (Wildman–Crippen MR) is 72.7 cm³/mol. The molecule has 2 rings (SSSR count). The standard InChI is InChI=1S/C11H13Br2N3O/c12-10-6-9(17-11(10)13)7-14-2-1-4-16-5-3-15-8-16/h3,5-6,8,14H,1-2,4,7H2. The van der Waals surface area contributed by atoms with Crippen LogP contribution in [-0.4, -0.2) is 16.1 Å². The molecule has 2 aromatic heterocycles. The maximum absolute atomic E-state index is 5.46. The van der Waals surface area contributed by atoms with Gasteiger partial charge in [0.25, 0.3) is 0 Å². The third-order valence-electron chi connectivity index (χ3n) is 2.32. The molecule has 2 aromatic rings. The molecular weight excluding hydrogens is 350 g/mol. The van der Waals surface area contributed by atoms with Gasteiger partial charge in [-0.05, 0) is 50.9 Å². The largest absolute Gasteiger partial charge is 0.452 e. The fourth-order valence-electron chi connectivity index (χ4n) is 1.50. The fraction of sp³-hybridized carbons (Fsp3) is 0.364. The van der Waals surface area contributed by atoms with E-state index < -0.39 is 0 Å². The number of aromatic nitrogens is 2. The highest BCUT2D eigenvalue weighted by Crippen LogP contribution is 2.26. The lowest BCUT2D eigenvalue weighted by molar-refractivity contribution is 0.459. The van der Waals surface area contributed by atoms with E-state index >= 15 is 0 Å². The third kappa shape index (κ3) is 3.97. The molecule has 0 fully saturated rings. The molecule has 4 nitrogen and oxygen atoms in total. The van der Waals surface area contributed by atoms with Gasteiger partial charge in [-0.15, -0.1) is 0 Å². The Balaban J connectivity index is 1.63. The minimum Gasteiger partial charge on any atom is -0.452 e. The van der Waals surface area contributed by atoms with Crippen LogP contribution in [0.3, 0.4) is 0 Å². The van der Waals surface area contributed by atoms with E-state index in [9.17, 15) is 0 Å². The molecule has 0 aliphatic heterocycles. The van der Waals surface area contributed by atoms with Crippen molar-refractivity contribution < 1.29 is 4.42 Å². The molecular formula is C11H13Br2N3O. The number of rotatable bonds is 6. The van der Waals surface area contributed by atoms with Gasteiger partial charge in [0.15, 0.2) is 4.67 Å². The van der Waals surface area contributed by atoms with Gasteiger partial charge in [-0.1, -0.05) is 0 Å². The number of hydrogen-bond acceptors (Lipinski definition) is 3. The van der Waals surface area contributed by atoms with Gasteiger partial charge in [-0.25, -0.2) is 4.98 Å². The highest BCUT2D eigenvalue weighted by atomic mass is 79.9. The van der Waals surface area contributed by atoms with Crippen LogP contribution in [0.2, 0.25) is 0 Å². The Hall–Kier alpha value is -0.590. The number of aryl methyl sites for hydroxylation is 1. The van der Waals surface area contributed by atoms with Crippen LogP contribution in [-0.2, 0) is 13.1 Å². The molecule has 17 heavy (non-hydrogen) atoms. The van der Waals surface area contributed by atoms with Crippen molar-refractivity contribution in [1.82, 2.24) is 14.9 Å². The quantitative estimate of drug-likeness (QED) is 0.802. The van der Waals surface area contributed by atoms with E-state index in [2.05, 4.69) is 46.7 Å². The molecule has 0 aliphatic rings. The molecule has 2 heterocycles. The van der Waals surface area contributed by atoms with Crippen LogP contribution in [0.15, 0.2) is 38.3 Å². The van der Waals surface area contributed by atoms with Crippen molar-refractivity contribution in [3.8, 4) is 0 Å². The summed E-state index contributed by atoms with van der Waals surface area (Å²) in [6.45, 7) is 2.68. The first-order chi connectivity index (χ1) is 8.25. The van der Waals surface area contributed by atoms with E-state index in [1.54, 1.807) is 6.20 Å². The Morgan fingerprint density at radius 3 is 2.94 bits per heavy atom. The average molecular weight is 363 g/mol. The van der Waals surface area contributed by atoms with Crippen LogP contribution in [0.25, 0.3) is 0 Å². The number of halogens is 2. The van der Waals surface area contributed by atoms with E-state index in [0.717, 1.165) is 41.0 Å². The van der Waals surface area contributed by atoms with Gasteiger partial charge in [0, 0.05) is 18.9 Å². The predicted octanol–water partition coefficient (Wildman–Crippen LogP) is 3.18. The molecule has 0 atom stereocenters. The SMILES string of the molecule is Brc1cc(CNCCCn2ccnc2)oc1Br. The van der Waals surface area contributed by atoms with Crippen molar-refractivity contribution >= 4 is 31.9 Å². The molecule has 0 radical (unpaired) electrons. The summed E-state index contributed by atoms with van der Waals surface area (Å²) in [4.78, 5) is 4.00. The van der Waals surface area contributed by atoms with Crippen molar-refractivity contribution in [3.63, 3.8) is 0 Å². The molecule has 1 N–H and O–H groups in total. The molecule has 0 amide bonds.